The third-order valence-electron chi connectivity index (χ3n) is 3.54. The van der Waals surface area contributed by atoms with E-state index in [1.54, 1.807) is 30.0 Å². The van der Waals surface area contributed by atoms with Crippen molar-refractivity contribution in [3.05, 3.63) is 24.3 Å². The third kappa shape index (κ3) is 5.58. The number of hydrogen-bond donors (Lipinski definition) is 2. The highest BCUT2D eigenvalue weighted by atomic mass is 33.1. The summed E-state index contributed by atoms with van der Waals surface area (Å²) in [5.74, 6) is 0.781. The maximum absolute atomic E-state index is 11.3. The number of rotatable bonds is 8. The van der Waals surface area contributed by atoms with Gasteiger partial charge in [0.25, 0.3) is 5.44 Å². The largest absolute Gasteiger partial charge is 0.382 e. The Balaban J connectivity index is 1.97. The summed E-state index contributed by atoms with van der Waals surface area (Å²) < 4.78 is 7.60. The first-order chi connectivity index (χ1) is 12.1. The van der Waals surface area contributed by atoms with Gasteiger partial charge in [-0.25, -0.2) is 9.97 Å². The van der Waals surface area contributed by atoms with E-state index >= 15 is 0 Å². The molecule has 1 aliphatic heterocycles. The number of amides is 1. The van der Waals surface area contributed by atoms with Crippen molar-refractivity contribution in [2.24, 2.45) is 0 Å². The van der Waals surface area contributed by atoms with E-state index in [9.17, 15) is 9.90 Å². The number of nitrogens with two attached hydrogens (primary N) is 1. The molecular formula is C15H24N5O3S2+. The summed E-state index contributed by atoms with van der Waals surface area (Å²) in [6.45, 7) is 4.76. The van der Waals surface area contributed by atoms with Crippen LogP contribution < -0.4 is 10.6 Å². The fourth-order valence-corrected chi connectivity index (χ4v) is 5.88. The molecule has 2 unspecified atom stereocenters. The van der Waals surface area contributed by atoms with Gasteiger partial charge in [0.2, 0.25) is 6.41 Å². The first-order valence-corrected chi connectivity index (χ1v) is 10.8. The molecule has 1 amide bonds. The van der Waals surface area contributed by atoms with Gasteiger partial charge in [0.1, 0.15) is 22.3 Å². The average molecular weight is 387 g/mol. The van der Waals surface area contributed by atoms with Gasteiger partial charge in [0.05, 0.1) is 32.5 Å². The molecule has 1 aromatic heterocycles. The average Bonchev–Trinajstić information content (AvgIpc) is 2.61. The number of anilines is 2. The van der Waals surface area contributed by atoms with E-state index < -0.39 is 5.44 Å². The van der Waals surface area contributed by atoms with Crippen LogP contribution in [0.5, 0.6) is 0 Å². The molecule has 2 rings (SSSR count). The third-order valence-corrected chi connectivity index (χ3v) is 7.74. The number of carbonyl (C=O) groups excluding carboxylic acids is 1. The molecule has 10 heteroatoms. The second-order valence-electron chi connectivity index (χ2n) is 5.26. The number of ether oxygens (including phenoxy) is 1. The van der Waals surface area contributed by atoms with Crippen molar-refractivity contribution in [1.29, 1.82) is 0 Å². The number of nitrogens with zero attached hydrogens (tertiary/aromatic N) is 4. The van der Waals surface area contributed by atoms with Crippen molar-refractivity contribution in [3.8, 4) is 0 Å². The molecule has 1 aliphatic rings. The molecule has 2 heterocycles. The van der Waals surface area contributed by atoms with E-state index in [-0.39, 0.29) is 15.9 Å². The highest BCUT2D eigenvalue weighted by Crippen LogP contribution is 2.26. The quantitative estimate of drug-likeness (QED) is 0.382. The molecule has 3 N–H and O–H groups in total. The summed E-state index contributed by atoms with van der Waals surface area (Å²) in [6.07, 6.45) is 7.92. The Bertz CT molecular complexity index is 599. The van der Waals surface area contributed by atoms with Gasteiger partial charge in [-0.15, -0.1) is 4.31 Å². The molecule has 25 heavy (non-hydrogen) atoms. The fraction of sp³-hybridized carbons (Fsp3) is 0.533. The van der Waals surface area contributed by atoms with Crippen LogP contribution in [0, 0.1) is 6.92 Å². The van der Waals surface area contributed by atoms with Crippen LogP contribution in [-0.2, 0) is 19.6 Å². The molecule has 0 bridgehead atoms. The lowest BCUT2D eigenvalue weighted by molar-refractivity contribution is -0.106. The van der Waals surface area contributed by atoms with E-state index in [1.807, 2.05) is 6.26 Å². The highest BCUT2D eigenvalue weighted by molar-refractivity contribution is 8.73. The number of nitrogen functional groups attached to an aromatic ring is 1. The Kier molecular flexibility index (Phi) is 7.97. The van der Waals surface area contributed by atoms with Gasteiger partial charge >= 0.3 is 0 Å². The topological polar surface area (TPSA) is 105 Å². The van der Waals surface area contributed by atoms with E-state index in [4.69, 9.17) is 10.5 Å². The summed E-state index contributed by atoms with van der Waals surface area (Å²) >= 11 is 0. The summed E-state index contributed by atoms with van der Waals surface area (Å²) in [5.41, 5.74) is 5.74. The predicted octanol–water partition coefficient (Wildman–Crippen LogP) is 0.696. The van der Waals surface area contributed by atoms with Gasteiger partial charge in [-0.1, -0.05) is 6.08 Å². The Morgan fingerprint density at radius 2 is 2.28 bits per heavy atom. The standard InChI is InChI=1S/C15H24N5O3S2/c1-12-17-10-13(15(16)18-12)19(11-21)5-3-4-14(22)25(24-2)20-6-8-23-9-7-20/h3,5,10-11,14,22H,4,6-9H2,1-2H3,(H2,16,17,18)/q+1. The van der Waals surface area contributed by atoms with E-state index in [0.29, 0.717) is 37.6 Å². The van der Waals surface area contributed by atoms with Crippen molar-refractivity contribution < 1.29 is 14.6 Å². The lowest BCUT2D eigenvalue weighted by Gasteiger charge is -2.25. The van der Waals surface area contributed by atoms with Crippen molar-refractivity contribution in [2.45, 2.75) is 18.8 Å². The number of aliphatic hydroxyl groups is 1. The minimum atomic E-state index is -0.524. The van der Waals surface area contributed by atoms with Crippen LogP contribution >= 0.6 is 10.8 Å². The van der Waals surface area contributed by atoms with Crippen LogP contribution in [-0.4, -0.2) is 63.8 Å². The molecule has 0 spiro atoms. The molecule has 1 aromatic rings. The Morgan fingerprint density at radius 1 is 1.56 bits per heavy atom. The van der Waals surface area contributed by atoms with Crippen molar-refractivity contribution >= 4 is 38.8 Å². The van der Waals surface area contributed by atoms with Crippen LogP contribution in [0.3, 0.4) is 0 Å². The summed E-state index contributed by atoms with van der Waals surface area (Å²) in [7, 11) is 1.33. The molecule has 0 aromatic carbocycles. The first kappa shape index (κ1) is 20.0. The molecule has 1 fully saturated rings. The number of hydrogen-bond acceptors (Lipinski definition) is 8. The maximum atomic E-state index is 11.3. The molecule has 0 radical (unpaired) electrons. The normalized spacial score (nSPS) is 18.2. The summed E-state index contributed by atoms with van der Waals surface area (Å²) in [4.78, 5) is 20.8. The first-order valence-electron chi connectivity index (χ1n) is 7.84. The zero-order valence-corrected chi connectivity index (χ0v) is 16.0. The van der Waals surface area contributed by atoms with Crippen LogP contribution in [0.2, 0.25) is 0 Å². The van der Waals surface area contributed by atoms with Crippen molar-refractivity contribution in [2.75, 3.05) is 43.2 Å². The molecule has 8 nitrogen and oxygen atoms in total. The minimum Gasteiger partial charge on any atom is -0.382 e. The van der Waals surface area contributed by atoms with Crippen LogP contribution in [0.15, 0.2) is 18.5 Å². The van der Waals surface area contributed by atoms with Gasteiger partial charge < -0.3 is 15.6 Å². The molecule has 0 saturated carbocycles. The number of carbonyl (C=O) groups is 1. The van der Waals surface area contributed by atoms with E-state index in [1.165, 1.54) is 11.1 Å². The molecule has 1 saturated heterocycles. The number of aryl methyl sites for hydroxylation is 1. The van der Waals surface area contributed by atoms with Gasteiger partial charge in [-0.2, -0.15) is 0 Å². The van der Waals surface area contributed by atoms with Gasteiger partial charge in [0.15, 0.2) is 15.9 Å². The Labute approximate surface area is 154 Å². The van der Waals surface area contributed by atoms with E-state index in [0.717, 1.165) is 13.1 Å². The zero-order valence-electron chi connectivity index (χ0n) is 14.4. The van der Waals surface area contributed by atoms with E-state index in [2.05, 4.69) is 14.3 Å². The van der Waals surface area contributed by atoms with Gasteiger partial charge in [-0.05, 0) is 6.92 Å². The molecule has 138 valence electrons. The molecular weight excluding hydrogens is 362 g/mol. The number of aliphatic hydroxyl groups excluding tert-OH is 1. The molecule has 0 aliphatic carbocycles. The van der Waals surface area contributed by atoms with Gasteiger partial charge in [-0.3, -0.25) is 9.69 Å². The van der Waals surface area contributed by atoms with Crippen LogP contribution in [0.4, 0.5) is 11.5 Å². The van der Waals surface area contributed by atoms with Crippen LogP contribution in [0.25, 0.3) is 0 Å². The van der Waals surface area contributed by atoms with Gasteiger partial charge in [0, 0.05) is 18.9 Å². The second-order valence-corrected chi connectivity index (χ2v) is 9.23. The predicted molar refractivity (Wildman–Crippen MR) is 103 cm³/mol. The zero-order chi connectivity index (χ0) is 18.2. The Morgan fingerprint density at radius 3 is 2.88 bits per heavy atom. The lowest BCUT2D eigenvalue weighted by atomic mass is 10.4. The monoisotopic (exact) mass is 386 g/mol. The van der Waals surface area contributed by atoms with Crippen molar-refractivity contribution in [3.63, 3.8) is 0 Å². The SMILES string of the molecule is CS[S+](C(O)CC=CN(C=O)c1cnc(C)nc1N)N1CCOCC1. The van der Waals surface area contributed by atoms with Crippen molar-refractivity contribution in [1.82, 2.24) is 14.3 Å². The smallest absolute Gasteiger partial charge is 0.251 e. The summed E-state index contributed by atoms with van der Waals surface area (Å²) in [5, 5.41) is 10.5. The summed E-state index contributed by atoms with van der Waals surface area (Å²) in [6, 6.07) is 0. The number of morpholine rings is 1. The maximum Gasteiger partial charge on any atom is 0.251 e. The highest BCUT2D eigenvalue weighted by Gasteiger charge is 2.37. The van der Waals surface area contributed by atoms with Crippen LogP contribution in [0.1, 0.15) is 12.2 Å². The lowest BCUT2D eigenvalue weighted by Crippen LogP contribution is -2.43. The minimum absolute atomic E-state index is 0.238. The fourth-order valence-electron chi connectivity index (χ4n) is 2.34. The number of aromatic nitrogens is 2. The second kappa shape index (κ2) is 9.97. The molecule has 2 atom stereocenters. The Hall–Kier alpha value is -1.33.